The van der Waals surface area contributed by atoms with E-state index in [1.165, 1.54) is 0 Å². The van der Waals surface area contributed by atoms with E-state index < -0.39 is 6.10 Å². The molecule has 0 bridgehead atoms. The van der Waals surface area contributed by atoms with Gasteiger partial charge in [-0.1, -0.05) is 49.3 Å². The molecule has 0 spiro atoms. The Hall–Kier alpha value is -1.33. The van der Waals surface area contributed by atoms with E-state index in [1.807, 2.05) is 30.3 Å². The van der Waals surface area contributed by atoms with Crippen LogP contribution in [0.15, 0.2) is 34.9 Å². The van der Waals surface area contributed by atoms with Crippen molar-refractivity contribution < 1.29 is 9.63 Å². The summed E-state index contributed by atoms with van der Waals surface area (Å²) in [7, 11) is 0. The lowest BCUT2D eigenvalue weighted by atomic mass is 10.1. The zero-order valence-electron chi connectivity index (χ0n) is 11.8. The minimum absolute atomic E-state index is 0.459. The molecule has 1 heterocycles. The standard InChI is InChI=1S/C15H20N2O2S/c1-11(2)8-14-16-15(19-17-14)10-20-9-13(18)12-6-4-3-5-7-12/h3-7,11,13,18H,8-10H2,1-2H3. The summed E-state index contributed by atoms with van der Waals surface area (Å²) in [6.07, 6.45) is 0.375. The second-order valence-corrected chi connectivity index (χ2v) is 6.17. The van der Waals surface area contributed by atoms with Crippen LogP contribution in [0.2, 0.25) is 0 Å². The summed E-state index contributed by atoms with van der Waals surface area (Å²) >= 11 is 1.60. The molecule has 1 atom stereocenters. The lowest BCUT2D eigenvalue weighted by Gasteiger charge is -2.09. The molecular formula is C15H20N2O2S. The number of thioether (sulfide) groups is 1. The van der Waals surface area contributed by atoms with Crippen molar-refractivity contribution >= 4 is 11.8 Å². The molecule has 0 radical (unpaired) electrons. The van der Waals surface area contributed by atoms with E-state index in [9.17, 15) is 5.11 Å². The zero-order chi connectivity index (χ0) is 14.4. The third kappa shape index (κ3) is 4.65. The van der Waals surface area contributed by atoms with E-state index >= 15 is 0 Å². The highest BCUT2D eigenvalue weighted by molar-refractivity contribution is 7.98. The maximum absolute atomic E-state index is 10.0. The van der Waals surface area contributed by atoms with Crippen molar-refractivity contribution in [2.45, 2.75) is 32.1 Å². The normalized spacial score (nSPS) is 12.8. The van der Waals surface area contributed by atoms with Gasteiger partial charge in [0.15, 0.2) is 5.82 Å². The molecule has 2 rings (SSSR count). The van der Waals surface area contributed by atoms with Gasteiger partial charge in [0.2, 0.25) is 5.89 Å². The van der Waals surface area contributed by atoms with E-state index in [4.69, 9.17) is 4.52 Å². The number of hydrogen-bond donors (Lipinski definition) is 1. The minimum atomic E-state index is -0.459. The third-order valence-corrected chi connectivity index (χ3v) is 3.79. The fraction of sp³-hybridized carbons (Fsp3) is 0.467. The summed E-state index contributed by atoms with van der Waals surface area (Å²) < 4.78 is 5.19. The summed E-state index contributed by atoms with van der Waals surface area (Å²) in [6, 6.07) is 9.66. The van der Waals surface area contributed by atoms with Gasteiger partial charge in [0.1, 0.15) is 0 Å². The molecule has 1 aromatic carbocycles. The molecular weight excluding hydrogens is 272 g/mol. The van der Waals surface area contributed by atoms with Crippen LogP contribution < -0.4 is 0 Å². The Morgan fingerprint density at radius 3 is 2.70 bits per heavy atom. The predicted octanol–water partition coefficient (Wildman–Crippen LogP) is 3.23. The van der Waals surface area contributed by atoms with Crippen LogP contribution in [0.5, 0.6) is 0 Å². The van der Waals surface area contributed by atoms with Gasteiger partial charge in [-0.3, -0.25) is 0 Å². The molecule has 0 fully saturated rings. The number of rotatable bonds is 7. The first kappa shape index (κ1) is 15.1. The molecule has 0 aliphatic rings. The maximum atomic E-state index is 10.0. The first-order valence-electron chi connectivity index (χ1n) is 6.77. The predicted molar refractivity (Wildman–Crippen MR) is 80.4 cm³/mol. The molecule has 1 N–H and O–H groups in total. The molecule has 20 heavy (non-hydrogen) atoms. The molecule has 1 unspecified atom stereocenters. The second kappa shape index (κ2) is 7.45. The van der Waals surface area contributed by atoms with Gasteiger partial charge in [0.05, 0.1) is 11.9 Å². The Morgan fingerprint density at radius 1 is 1.25 bits per heavy atom. The molecule has 0 aliphatic carbocycles. The van der Waals surface area contributed by atoms with Gasteiger partial charge < -0.3 is 9.63 Å². The van der Waals surface area contributed by atoms with Crippen molar-refractivity contribution in [3.8, 4) is 0 Å². The first-order chi connectivity index (χ1) is 9.65. The minimum Gasteiger partial charge on any atom is -0.388 e. The third-order valence-electron chi connectivity index (χ3n) is 2.79. The van der Waals surface area contributed by atoms with Crippen molar-refractivity contribution in [3.63, 3.8) is 0 Å². The van der Waals surface area contributed by atoms with E-state index in [-0.39, 0.29) is 0 Å². The molecule has 108 valence electrons. The van der Waals surface area contributed by atoms with Crippen LogP contribution in [0.3, 0.4) is 0 Å². The monoisotopic (exact) mass is 292 g/mol. The topological polar surface area (TPSA) is 59.2 Å². The van der Waals surface area contributed by atoms with Gasteiger partial charge in [-0.2, -0.15) is 4.98 Å². The number of hydrogen-bond acceptors (Lipinski definition) is 5. The summed E-state index contributed by atoms with van der Waals surface area (Å²) in [4.78, 5) is 4.34. The average molecular weight is 292 g/mol. The van der Waals surface area contributed by atoms with Crippen molar-refractivity contribution in [1.29, 1.82) is 0 Å². The largest absolute Gasteiger partial charge is 0.388 e. The zero-order valence-corrected chi connectivity index (χ0v) is 12.6. The van der Waals surface area contributed by atoms with Crippen LogP contribution in [-0.4, -0.2) is 21.0 Å². The number of nitrogens with zero attached hydrogens (tertiary/aromatic N) is 2. The van der Waals surface area contributed by atoms with Crippen molar-refractivity contribution in [2.75, 3.05) is 5.75 Å². The molecule has 0 aliphatic heterocycles. The molecule has 5 heteroatoms. The highest BCUT2D eigenvalue weighted by atomic mass is 32.2. The summed E-state index contributed by atoms with van der Waals surface area (Å²) in [5.74, 6) is 3.17. The lowest BCUT2D eigenvalue weighted by Crippen LogP contribution is -2.00. The Bertz CT molecular complexity index is 514. The van der Waals surface area contributed by atoms with Crippen molar-refractivity contribution in [1.82, 2.24) is 10.1 Å². The Labute approximate surface area is 123 Å². The van der Waals surface area contributed by atoms with Crippen LogP contribution in [0.25, 0.3) is 0 Å². The van der Waals surface area contributed by atoms with E-state index in [1.54, 1.807) is 11.8 Å². The van der Waals surface area contributed by atoms with Crippen molar-refractivity contribution in [2.24, 2.45) is 5.92 Å². The molecule has 4 nitrogen and oxygen atoms in total. The van der Waals surface area contributed by atoms with Gasteiger partial charge in [-0.25, -0.2) is 0 Å². The fourth-order valence-corrected chi connectivity index (χ4v) is 2.65. The number of aliphatic hydroxyl groups excluding tert-OH is 1. The SMILES string of the molecule is CC(C)Cc1noc(CSCC(O)c2ccccc2)n1. The average Bonchev–Trinajstić information content (AvgIpc) is 2.86. The number of aliphatic hydroxyl groups is 1. The molecule has 0 saturated carbocycles. The lowest BCUT2D eigenvalue weighted by molar-refractivity contribution is 0.204. The fourth-order valence-electron chi connectivity index (χ4n) is 1.83. The molecule has 0 amide bonds. The van der Waals surface area contributed by atoms with Gasteiger partial charge in [0, 0.05) is 12.2 Å². The van der Waals surface area contributed by atoms with Gasteiger partial charge in [-0.05, 0) is 11.5 Å². The van der Waals surface area contributed by atoms with Gasteiger partial charge in [0.25, 0.3) is 0 Å². The smallest absolute Gasteiger partial charge is 0.236 e. The maximum Gasteiger partial charge on any atom is 0.236 e. The van der Waals surface area contributed by atoms with Crippen molar-refractivity contribution in [3.05, 3.63) is 47.6 Å². The molecule has 2 aromatic rings. The van der Waals surface area contributed by atoms with Crippen LogP contribution in [-0.2, 0) is 12.2 Å². The van der Waals surface area contributed by atoms with Crippen LogP contribution in [0, 0.1) is 5.92 Å². The molecule has 1 aromatic heterocycles. The highest BCUT2D eigenvalue weighted by Crippen LogP contribution is 2.20. The van der Waals surface area contributed by atoms with E-state index in [0.29, 0.717) is 23.3 Å². The Morgan fingerprint density at radius 2 is 2.00 bits per heavy atom. The van der Waals surface area contributed by atoms with Crippen LogP contribution in [0.4, 0.5) is 0 Å². The highest BCUT2D eigenvalue weighted by Gasteiger charge is 2.10. The van der Waals surface area contributed by atoms with Crippen LogP contribution in [0.1, 0.15) is 37.2 Å². The number of aromatic nitrogens is 2. The van der Waals surface area contributed by atoms with Gasteiger partial charge in [-0.15, -0.1) is 11.8 Å². The molecule has 0 saturated heterocycles. The van der Waals surface area contributed by atoms with E-state index in [0.717, 1.165) is 17.8 Å². The summed E-state index contributed by atoms with van der Waals surface area (Å²) in [6.45, 7) is 4.25. The summed E-state index contributed by atoms with van der Waals surface area (Å²) in [5, 5.41) is 14.0. The number of benzene rings is 1. The van der Waals surface area contributed by atoms with E-state index in [2.05, 4.69) is 24.0 Å². The summed E-state index contributed by atoms with van der Waals surface area (Å²) in [5.41, 5.74) is 0.936. The van der Waals surface area contributed by atoms with Gasteiger partial charge >= 0.3 is 0 Å². The quantitative estimate of drug-likeness (QED) is 0.849. The second-order valence-electron chi connectivity index (χ2n) is 5.14. The Balaban J connectivity index is 1.77. The Kier molecular flexibility index (Phi) is 5.61. The first-order valence-corrected chi connectivity index (χ1v) is 7.93. The van der Waals surface area contributed by atoms with Crippen LogP contribution >= 0.6 is 11.8 Å².